The average molecular weight is 247 g/mol. The number of aryl methyl sites for hydroxylation is 1. The third-order valence-electron chi connectivity index (χ3n) is 2.56. The van der Waals surface area contributed by atoms with E-state index < -0.39 is 4.92 Å². The fourth-order valence-electron chi connectivity index (χ4n) is 1.53. The molecule has 6 heteroatoms. The van der Waals surface area contributed by atoms with Crippen LogP contribution in [0.5, 0.6) is 0 Å². The van der Waals surface area contributed by atoms with Crippen LogP contribution in [0.4, 0.5) is 5.69 Å². The Morgan fingerprint density at radius 3 is 2.72 bits per heavy atom. The van der Waals surface area contributed by atoms with E-state index in [1.807, 2.05) is 6.07 Å². The first-order chi connectivity index (χ1) is 8.47. The number of nitriles is 1. The van der Waals surface area contributed by atoms with E-state index in [1.54, 1.807) is 14.0 Å². The van der Waals surface area contributed by atoms with Crippen LogP contribution >= 0.6 is 0 Å². The predicted octanol–water partition coefficient (Wildman–Crippen LogP) is 1.89. The summed E-state index contributed by atoms with van der Waals surface area (Å²) in [5, 5.41) is 19.0. The number of benzene rings is 1. The number of carbonyl (C=O) groups is 1. The van der Waals surface area contributed by atoms with Crippen molar-refractivity contribution in [2.45, 2.75) is 13.3 Å². The first-order valence-corrected chi connectivity index (χ1v) is 5.35. The lowest BCUT2D eigenvalue weighted by molar-refractivity contribution is -0.384. The SMILES string of the molecule is Cc1cc([N+](=O)[O-])ccc1C(=O)N(C)CCC#N. The molecule has 6 nitrogen and oxygen atoms in total. The molecule has 1 aromatic carbocycles. The van der Waals surface area contributed by atoms with Crippen LogP contribution in [0.1, 0.15) is 22.3 Å². The second-order valence-electron chi connectivity index (χ2n) is 3.89. The van der Waals surface area contributed by atoms with E-state index in [0.29, 0.717) is 17.7 Å². The number of nitro benzene ring substituents is 1. The lowest BCUT2D eigenvalue weighted by atomic mass is 10.1. The highest BCUT2D eigenvalue weighted by Crippen LogP contribution is 2.18. The van der Waals surface area contributed by atoms with Crippen molar-refractivity contribution in [3.63, 3.8) is 0 Å². The van der Waals surface area contributed by atoms with Crippen molar-refractivity contribution in [2.75, 3.05) is 13.6 Å². The number of rotatable bonds is 4. The summed E-state index contributed by atoms with van der Waals surface area (Å²) in [5.74, 6) is -0.238. The summed E-state index contributed by atoms with van der Waals surface area (Å²) in [5.41, 5.74) is 0.933. The van der Waals surface area contributed by atoms with Gasteiger partial charge in [0.25, 0.3) is 11.6 Å². The molecule has 0 atom stereocenters. The highest BCUT2D eigenvalue weighted by atomic mass is 16.6. The lowest BCUT2D eigenvalue weighted by Crippen LogP contribution is -2.28. The van der Waals surface area contributed by atoms with Crippen molar-refractivity contribution in [3.05, 3.63) is 39.4 Å². The molecule has 0 saturated carbocycles. The fourth-order valence-corrected chi connectivity index (χ4v) is 1.53. The Balaban J connectivity index is 2.94. The number of carbonyl (C=O) groups excluding carboxylic acids is 1. The third kappa shape index (κ3) is 3.04. The monoisotopic (exact) mass is 247 g/mol. The van der Waals surface area contributed by atoms with Gasteiger partial charge >= 0.3 is 0 Å². The Bertz CT molecular complexity index is 520. The first-order valence-electron chi connectivity index (χ1n) is 5.35. The molecule has 18 heavy (non-hydrogen) atoms. The molecular weight excluding hydrogens is 234 g/mol. The molecule has 0 aromatic heterocycles. The number of non-ortho nitro benzene ring substituents is 1. The van der Waals surface area contributed by atoms with Crippen molar-refractivity contribution >= 4 is 11.6 Å². The Morgan fingerprint density at radius 1 is 1.56 bits per heavy atom. The quantitative estimate of drug-likeness (QED) is 0.600. The average Bonchev–Trinajstić information content (AvgIpc) is 2.34. The van der Waals surface area contributed by atoms with E-state index in [1.165, 1.54) is 23.1 Å². The Hall–Kier alpha value is -2.42. The second-order valence-corrected chi connectivity index (χ2v) is 3.89. The molecule has 0 aliphatic heterocycles. The van der Waals surface area contributed by atoms with Gasteiger partial charge in [0.1, 0.15) is 0 Å². The zero-order chi connectivity index (χ0) is 13.7. The van der Waals surface area contributed by atoms with Crippen LogP contribution in [0.15, 0.2) is 18.2 Å². The molecule has 1 aromatic rings. The summed E-state index contributed by atoms with van der Waals surface area (Å²) in [6.45, 7) is 1.99. The van der Waals surface area contributed by atoms with Gasteiger partial charge in [-0.3, -0.25) is 14.9 Å². The largest absolute Gasteiger partial charge is 0.341 e. The first kappa shape index (κ1) is 13.6. The maximum atomic E-state index is 12.0. The minimum absolute atomic E-state index is 0.0382. The number of nitro groups is 1. The summed E-state index contributed by atoms with van der Waals surface area (Å²) in [7, 11) is 1.60. The van der Waals surface area contributed by atoms with Crippen LogP contribution in [0, 0.1) is 28.4 Å². The standard InChI is InChI=1S/C12H13N3O3/c1-9-8-10(15(17)18)4-5-11(9)12(16)14(2)7-3-6-13/h4-5,8H,3,7H2,1-2H3. The fraction of sp³-hybridized carbons (Fsp3) is 0.333. The Labute approximate surface area is 105 Å². The van der Waals surface area contributed by atoms with E-state index in [4.69, 9.17) is 5.26 Å². The zero-order valence-corrected chi connectivity index (χ0v) is 10.2. The molecule has 94 valence electrons. The van der Waals surface area contributed by atoms with Crippen molar-refractivity contribution in [1.29, 1.82) is 5.26 Å². The number of hydrogen-bond donors (Lipinski definition) is 0. The summed E-state index contributed by atoms with van der Waals surface area (Å²) in [6.07, 6.45) is 0.258. The van der Waals surface area contributed by atoms with Crippen LogP contribution in [-0.4, -0.2) is 29.3 Å². The molecule has 0 bridgehead atoms. The summed E-state index contributed by atoms with van der Waals surface area (Å²) in [6, 6.07) is 6.07. The molecule has 0 saturated heterocycles. The second kappa shape index (κ2) is 5.77. The van der Waals surface area contributed by atoms with Crippen molar-refractivity contribution in [2.24, 2.45) is 0 Å². The van der Waals surface area contributed by atoms with Gasteiger partial charge < -0.3 is 4.90 Å². The summed E-state index contributed by atoms with van der Waals surface area (Å²) < 4.78 is 0. The van der Waals surface area contributed by atoms with E-state index in [0.717, 1.165) is 0 Å². The lowest BCUT2D eigenvalue weighted by Gasteiger charge is -2.16. The molecular formula is C12H13N3O3. The van der Waals surface area contributed by atoms with Crippen LogP contribution in [0.25, 0.3) is 0 Å². The van der Waals surface area contributed by atoms with Gasteiger partial charge in [-0.15, -0.1) is 0 Å². The van der Waals surface area contributed by atoms with E-state index in [-0.39, 0.29) is 18.0 Å². The van der Waals surface area contributed by atoms with Gasteiger partial charge in [-0.2, -0.15) is 5.26 Å². The smallest absolute Gasteiger partial charge is 0.269 e. The number of hydrogen-bond acceptors (Lipinski definition) is 4. The summed E-state index contributed by atoms with van der Waals surface area (Å²) >= 11 is 0. The number of amides is 1. The van der Waals surface area contributed by atoms with Gasteiger partial charge in [0.2, 0.25) is 0 Å². The molecule has 0 fully saturated rings. The maximum absolute atomic E-state index is 12.0. The van der Waals surface area contributed by atoms with Crippen LogP contribution in [-0.2, 0) is 0 Å². The van der Waals surface area contributed by atoms with E-state index in [9.17, 15) is 14.9 Å². The van der Waals surface area contributed by atoms with Crippen LogP contribution < -0.4 is 0 Å². The predicted molar refractivity (Wildman–Crippen MR) is 65.0 cm³/mol. The van der Waals surface area contributed by atoms with Gasteiger partial charge in [0, 0.05) is 31.3 Å². The highest BCUT2D eigenvalue weighted by molar-refractivity contribution is 5.95. The van der Waals surface area contributed by atoms with Crippen molar-refractivity contribution < 1.29 is 9.72 Å². The molecule has 1 rings (SSSR count). The van der Waals surface area contributed by atoms with Gasteiger partial charge in [-0.05, 0) is 18.6 Å². The van der Waals surface area contributed by atoms with Crippen LogP contribution in [0.3, 0.4) is 0 Å². The van der Waals surface area contributed by atoms with Gasteiger partial charge in [0.15, 0.2) is 0 Å². The third-order valence-corrected chi connectivity index (χ3v) is 2.56. The molecule has 0 aliphatic rings. The molecule has 0 spiro atoms. The maximum Gasteiger partial charge on any atom is 0.269 e. The molecule has 0 N–H and O–H groups in total. The Kier molecular flexibility index (Phi) is 4.38. The topological polar surface area (TPSA) is 87.2 Å². The molecule has 0 heterocycles. The van der Waals surface area contributed by atoms with Gasteiger partial charge in [0.05, 0.1) is 17.4 Å². The summed E-state index contributed by atoms with van der Waals surface area (Å²) in [4.78, 5) is 23.5. The van der Waals surface area contributed by atoms with E-state index in [2.05, 4.69) is 0 Å². The zero-order valence-electron chi connectivity index (χ0n) is 10.2. The number of nitrogens with zero attached hydrogens (tertiary/aromatic N) is 3. The van der Waals surface area contributed by atoms with Gasteiger partial charge in [-0.1, -0.05) is 0 Å². The molecule has 0 aliphatic carbocycles. The normalized spacial score (nSPS) is 9.61. The van der Waals surface area contributed by atoms with Crippen molar-refractivity contribution in [1.82, 2.24) is 4.90 Å². The minimum Gasteiger partial charge on any atom is -0.341 e. The van der Waals surface area contributed by atoms with Crippen LogP contribution in [0.2, 0.25) is 0 Å². The van der Waals surface area contributed by atoms with E-state index >= 15 is 0 Å². The van der Waals surface area contributed by atoms with Crippen molar-refractivity contribution in [3.8, 4) is 6.07 Å². The molecule has 1 amide bonds. The Morgan fingerprint density at radius 2 is 2.22 bits per heavy atom. The highest BCUT2D eigenvalue weighted by Gasteiger charge is 2.16. The minimum atomic E-state index is -0.499. The van der Waals surface area contributed by atoms with Gasteiger partial charge in [-0.25, -0.2) is 0 Å². The molecule has 0 unspecified atom stereocenters. The molecule has 0 radical (unpaired) electrons.